The molecule has 0 aliphatic heterocycles. The Morgan fingerprint density at radius 1 is 1.04 bits per heavy atom. The highest BCUT2D eigenvalue weighted by Gasteiger charge is 2.49. The predicted octanol–water partition coefficient (Wildman–Crippen LogP) is 5.01. The summed E-state index contributed by atoms with van der Waals surface area (Å²) in [6.45, 7) is 1.96. The van der Waals surface area contributed by atoms with E-state index in [0.717, 1.165) is 11.1 Å². The number of Topliss-reactive ketones (excluding diaryl/α,β-unsaturated/α-hetero) is 1. The molecule has 1 fully saturated rings. The van der Waals surface area contributed by atoms with Crippen LogP contribution >= 0.6 is 23.2 Å². The first kappa shape index (κ1) is 18.0. The molecule has 3 atom stereocenters. The average Bonchev–Trinajstić information content (AvgIpc) is 2.93. The second-order valence-corrected chi connectivity index (χ2v) is 6.89. The van der Waals surface area contributed by atoms with Crippen molar-refractivity contribution in [3.63, 3.8) is 0 Å². The molecule has 130 valence electrons. The van der Waals surface area contributed by atoms with Gasteiger partial charge in [0.25, 0.3) is 0 Å². The van der Waals surface area contributed by atoms with Crippen LogP contribution in [0.3, 0.4) is 0 Å². The number of carbonyl (C=O) groups excluding carboxylic acids is 2. The number of carbonyl (C=O) groups is 2. The summed E-state index contributed by atoms with van der Waals surface area (Å²) in [5, 5.41) is 1.12. The number of halogens is 2. The first-order valence-electron chi connectivity index (χ1n) is 8.22. The summed E-state index contributed by atoms with van der Waals surface area (Å²) in [6.07, 6.45) is 0.239. The van der Waals surface area contributed by atoms with E-state index in [-0.39, 0.29) is 30.6 Å². The Labute approximate surface area is 156 Å². The van der Waals surface area contributed by atoms with Crippen molar-refractivity contribution in [1.82, 2.24) is 0 Å². The van der Waals surface area contributed by atoms with Crippen LogP contribution in [-0.2, 0) is 14.3 Å². The Balaban J connectivity index is 2.12. The third-order valence-electron chi connectivity index (χ3n) is 4.67. The maximum absolute atomic E-state index is 12.7. The molecule has 25 heavy (non-hydrogen) atoms. The Kier molecular flexibility index (Phi) is 5.45. The molecule has 1 aliphatic rings. The van der Waals surface area contributed by atoms with Gasteiger partial charge in [-0.3, -0.25) is 9.59 Å². The molecule has 2 aromatic carbocycles. The molecule has 1 saturated carbocycles. The summed E-state index contributed by atoms with van der Waals surface area (Å²) < 4.78 is 5.17. The fraction of sp³-hybridized carbons (Fsp3) is 0.300. The molecule has 1 aliphatic carbocycles. The topological polar surface area (TPSA) is 43.4 Å². The van der Waals surface area contributed by atoms with Gasteiger partial charge < -0.3 is 4.74 Å². The van der Waals surface area contributed by atoms with Crippen LogP contribution in [0.2, 0.25) is 10.0 Å². The van der Waals surface area contributed by atoms with E-state index in [0.29, 0.717) is 10.0 Å². The summed E-state index contributed by atoms with van der Waals surface area (Å²) in [7, 11) is 0. The second kappa shape index (κ2) is 7.59. The van der Waals surface area contributed by atoms with E-state index in [9.17, 15) is 9.59 Å². The lowest BCUT2D eigenvalue weighted by molar-refractivity contribution is -0.151. The Bertz CT molecular complexity index is 803. The third-order valence-corrected chi connectivity index (χ3v) is 5.36. The van der Waals surface area contributed by atoms with Crippen molar-refractivity contribution in [3.8, 4) is 0 Å². The van der Waals surface area contributed by atoms with Crippen molar-refractivity contribution < 1.29 is 14.3 Å². The largest absolute Gasteiger partial charge is 0.465 e. The summed E-state index contributed by atoms with van der Waals surface area (Å²) in [6, 6.07) is 14.7. The molecule has 0 saturated heterocycles. The van der Waals surface area contributed by atoms with Crippen LogP contribution in [0, 0.1) is 5.92 Å². The molecule has 3 rings (SSSR count). The van der Waals surface area contributed by atoms with E-state index in [1.165, 1.54) is 0 Å². The van der Waals surface area contributed by atoms with Crippen molar-refractivity contribution >= 4 is 35.0 Å². The van der Waals surface area contributed by atoms with Crippen LogP contribution in [0.15, 0.2) is 48.5 Å². The normalized spacial score (nSPS) is 22.8. The fourth-order valence-electron chi connectivity index (χ4n) is 3.63. The molecular weight excluding hydrogens is 359 g/mol. The van der Waals surface area contributed by atoms with E-state index < -0.39 is 11.9 Å². The van der Waals surface area contributed by atoms with Gasteiger partial charge in [0.2, 0.25) is 0 Å². The first-order valence-corrected chi connectivity index (χ1v) is 8.98. The van der Waals surface area contributed by atoms with Crippen LogP contribution in [0.1, 0.15) is 36.3 Å². The van der Waals surface area contributed by atoms with Gasteiger partial charge in [-0.2, -0.15) is 0 Å². The molecule has 0 radical (unpaired) electrons. The smallest absolute Gasteiger partial charge is 0.317 e. The lowest BCUT2D eigenvalue weighted by Crippen LogP contribution is -2.27. The second-order valence-electron chi connectivity index (χ2n) is 6.08. The minimum atomic E-state index is -0.860. The molecule has 0 bridgehead atoms. The van der Waals surface area contributed by atoms with E-state index in [4.69, 9.17) is 27.9 Å². The highest BCUT2D eigenvalue weighted by Crippen LogP contribution is 2.51. The monoisotopic (exact) mass is 376 g/mol. The molecule has 0 N–H and O–H groups in total. The summed E-state index contributed by atoms with van der Waals surface area (Å²) in [4.78, 5) is 25.2. The number of benzene rings is 2. The Morgan fingerprint density at radius 3 is 2.16 bits per heavy atom. The van der Waals surface area contributed by atoms with Crippen molar-refractivity contribution in [2.45, 2.75) is 25.2 Å². The molecule has 0 unspecified atom stereocenters. The Hall–Kier alpha value is -1.84. The molecule has 0 spiro atoms. The molecule has 0 amide bonds. The van der Waals surface area contributed by atoms with Crippen LogP contribution in [0.25, 0.3) is 0 Å². The van der Waals surface area contributed by atoms with Crippen LogP contribution in [-0.4, -0.2) is 18.4 Å². The number of esters is 1. The molecule has 3 nitrogen and oxygen atoms in total. The summed E-state index contributed by atoms with van der Waals surface area (Å²) in [5.41, 5.74) is 1.63. The minimum Gasteiger partial charge on any atom is -0.465 e. The van der Waals surface area contributed by atoms with Crippen LogP contribution in [0.4, 0.5) is 0 Å². The van der Waals surface area contributed by atoms with Crippen molar-refractivity contribution in [2.24, 2.45) is 5.92 Å². The number of ether oxygens (including phenoxy) is 1. The van der Waals surface area contributed by atoms with Gasteiger partial charge in [0.1, 0.15) is 11.7 Å². The third kappa shape index (κ3) is 3.44. The number of hydrogen-bond donors (Lipinski definition) is 0. The van der Waals surface area contributed by atoms with Crippen LogP contribution < -0.4 is 0 Å². The molecule has 0 heterocycles. The molecule has 0 aromatic heterocycles. The van der Waals surface area contributed by atoms with Gasteiger partial charge in [-0.25, -0.2) is 0 Å². The summed E-state index contributed by atoms with van der Waals surface area (Å²) >= 11 is 12.8. The average molecular weight is 377 g/mol. The van der Waals surface area contributed by atoms with Gasteiger partial charge in [-0.1, -0.05) is 59.6 Å². The van der Waals surface area contributed by atoms with Crippen molar-refractivity contribution in [2.75, 3.05) is 6.61 Å². The number of hydrogen-bond acceptors (Lipinski definition) is 3. The lowest BCUT2D eigenvalue weighted by Gasteiger charge is -2.25. The zero-order valence-electron chi connectivity index (χ0n) is 13.7. The van der Waals surface area contributed by atoms with Crippen molar-refractivity contribution in [3.05, 3.63) is 69.7 Å². The molecule has 2 aromatic rings. The molecule has 5 heteroatoms. The zero-order chi connectivity index (χ0) is 18.0. The lowest BCUT2D eigenvalue weighted by atomic mass is 9.79. The van der Waals surface area contributed by atoms with Gasteiger partial charge in [0, 0.05) is 28.3 Å². The summed E-state index contributed by atoms with van der Waals surface area (Å²) in [5.74, 6) is -2.09. The van der Waals surface area contributed by atoms with E-state index in [2.05, 4.69) is 0 Å². The molecular formula is C20H18Cl2O3. The van der Waals surface area contributed by atoms with Crippen molar-refractivity contribution in [1.29, 1.82) is 0 Å². The quantitative estimate of drug-likeness (QED) is 0.556. The number of ketones is 1. The standard InChI is InChI=1S/C20H18Cl2O3/c1-2-25-20(24)19-17(23)11-14(12-7-3-5-9-15(12)21)18(19)13-8-4-6-10-16(13)22/h3-10,14,18-19H,2,11H2,1H3/t14-,18-,19+/m0/s1. The fourth-order valence-corrected chi connectivity index (χ4v) is 4.17. The SMILES string of the molecule is CCOC(=O)[C@@H]1C(=O)C[C@@H](c2ccccc2Cl)[C@@H]1c1ccccc1Cl. The highest BCUT2D eigenvalue weighted by molar-refractivity contribution is 6.32. The van der Waals surface area contributed by atoms with Gasteiger partial charge in [-0.05, 0) is 30.2 Å². The predicted molar refractivity (Wildman–Crippen MR) is 98.1 cm³/mol. The minimum absolute atomic E-state index is 0.131. The number of rotatable bonds is 4. The van der Waals surface area contributed by atoms with Gasteiger partial charge >= 0.3 is 5.97 Å². The van der Waals surface area contributed by atoms with E-state index in [1.807, 2.05) is 36.4 Å². The van der Waals surface area contributed by atoms with Gasteiger partial charge in [0.15, 0.2) is 0 Å². The van der Waals surface area contributed by atoms with Gasteiger partial charge in [-0.15, -0.1) is 0 Å². The maximum Gasteiger partial charge on any atom is 0.317 e. The van der Waals surface area contributed by atoms with E-state index >= 15 is 0 Å². The van der Waals surface area contributed by atoms with Gasteiger partial charge in [0.05, 0.1) is 6.61 Å². The highest BCUT2D eigenvalue weighted by atomic mass is 35.5. The Morgan fingerprint density at radius 2 is 1.60 bits per heavy atom. The zero-order valence-corrected chi connectivity index (χ0v) is 15.3. The van der Waals surface area contributed by atoms with E-state index in [1.54, 1.807) is 19.1 Å². The first-order chi connectivity index (χ1) is 12.0. The maximum atomic E-state index is 12.7. The van der Waals surface area contributed by atoms with Crippen LogP contribution in [0.5, 0.6) is 0 Å².